The summed E-state index contributed by atoms with van der Waals surface area (Å²) in [5, 5.41) is 3.85. The maximum Gasteiger partial charge on any atom is 0.181 e. The molecule has 19 heavy (non-hydrogen) atoms. The van der Waals surface area contributed by atoms with Gasteiger partial charge in [-0.2, -0.15) is 0 Å². The number of rotatable bonds is 2. The molecule has 0 amide bonds. The van der Waals surface area contributed by atoms with Crippen molar-refractivity contribution in [2.45, 2.75) is 6.92 Å². The Kier molecular flexibility index (Phi) is 2.91. The molecule has 0 unspecified atom stereocenters. The second-order valence-corrected chi connectivity index (χ2v) is 4.97. The Bertz CT molecular complexity index is 713. The predicted molar refractivity (Wildman–Crippen MR) is 76.5 cm³/mol. The monoisotopic (exact) mass is 318 g/mol. The number of aromatic nitrogens is 1. The summed E-state index contributed by atoms with van der Waals surface area (Å²) in [6.07, 6.45) is 1.58. The lowest BCUT2D eigenvalue weighted by molar-refractivity contribution is 0.434. The molecular formula is C14H11BrN2O2. The standard InChI is InChI=1S/C14H11BrN2O2/c1-8-2-4-9(5-3-8)11-12(19-17-14(11)16)10-6-7-18-13(10)15/h2-7H,1H3,(H2,16,17). The van der Waals surface area contributed by atoms with E-state index in [2.05, 4.69) is 21.1 Å². The van der Waals surface area contributed by atoms with E-state index in [1.54, 1.807) is 6.26 Å². The highest BCUT2D eigenvalue weighted by Crippen LogP contribution is 2.39. The molecule has 0 spiro atoms. The van der Waals surface area contributed by atoms with Crippen molar-refractivity contribution in [3.63, 3.8) is 0 Å². The third-order valence-electron chi connectivity index (χ3n) is 2.92. The molecule has 0 saturated heterocycles. The van der Waals surface area contributed by atoms with Gasteiger partial charge in [-0.15, -0.1) is 0 Å². The SMILES string of the molecule is Cc1ccc(-c2c(N)noc2-c2ccoc2Br)cc1. The molecule has 0 saturated carbocycles. The van der Waals surface area contributed by atoms with E-state index in [0.717, 1.165) is 16.7 Å². The fraction of sp³-hybridized carbons (Fsp3) is 0.0714. The van der Waals surface area contributed by atoms with Crippen LogP contribution < -0.4 is 5.73 Å². The summed E-state index contributed by atoms with van der Waals surface area (Å²) >= 11 is 3.34. The molecule has 3 aromatic rings. The van der Waals surface area contributed by atoms with Gasteiger partial charge in [-0.3, -0.25) is 0 Å². The Balaban J connectivity index is 2.19. The highest BCUT2D eigenvalue weighted by atomic mass is 79.9. The van der Waals surface area contributed by atoms with E-state index in [4.69, 9.17) is 14.7 Å². The molecule has 5 heteroatoms. The van der Waals surface area contributed by atoms with Crippen molar-refractivity contribution in [1.29, 1.82) is 0 Å². The molecule has 0 fully saturated rings. The van der Waals surface area contributed by atoms with Crippen LogP contribution in [0.15, 0.2) is 50.2 Å². The van der Waals surface area contributed by atoms with E-state index in [0.29, 0.717) is 16.2 Å². The maximum atomic E-state index is 5.92. The van der Waals surface area contributed by atoms with Crippen molar-refractivity contribution in [3.8, 4) is 22.5 Å². The first-order valence-electron chi connectivity index (χ1n) is 5.72. The largest absolute Gasteiger partial charge is 0.457 e. The van der Waals surface area contributed by atoms with E-state index in [1.807, 2.05) is 37.3 Å². The number of nitrogens with two attached hydrogens (primary N) is 1. The Labute approximate surface area is 118 Å². The third kappa shape index (κ3) is 2.06. The van der Waals surface area contributed by atoms with E-state index in [1.165, 1.54) is 5.56 Å². The Morgan fingerprint density at radius 2 is 1.89 bits per heavy atom. The van der Waals surface area contributed by atoms with Crippen molar-refractivity contribution < 1.29 is 8.94 Å². The van der Waals surface area contributed by atoms with Gasteiger partial charge in [0.15, 0.2) is 16.2 Å². The summed E-state index contributed by atoms with van der Waals surface area (Å²) in [5.41, 5.74) is 9.64. The number of hydrogen-bond acceptors (Lipinski definition) is 4. The van der Waals surface area contributed by atoms with Gasteiger partial charge >= 0.3 is 0 Å². The second kappa shape index (κ2) is 4.59. The van der Waals surface area contributed by atoms with Crippen molar-refractivity contribution in [3.05, 3.63) is 46.8 Å². The molecular weight excluding hydrogens is 308 g/mol. The van der Waals surface area contributed by atoms with Gasteiger partial charge in [-0.1, -0.05) is 35.0 Å². The van der Waals surface area contributed by atoms with E-state index >= 15 is 0 Å². The van der Waals surface area contributed by atoms with Gasteiger partial charge in [0.05, 0.1) is 17.4 Å². The van der Waals surface area contributed by atoms with Gasteiger partial charge in [-0.25, -0.2) is 0 Å². The number of nitrogens with zero attached hydrogens (tertiary/aromatic N) is 1. The zero-order chi connectivity index (χ0) is 13.4. The molecule has 2 heterocycles. The average Bonchev–Trinajstić information content (AvgIpc) is 2.97. The fourth-order valence-corrected chi connectivity index (χ4v) is 2.36. The number of hydrogen-bond donors (Lipinski definition) is 1. The molecule has 4 nitrogen and oxygen atoms in total. The first-order chi connectivity index (χ1) is 9.16. The Morgan fingerprint density at radius 3 is 2.53 bits per heavy atom. The van der Waals surface area contributed by atoms with Crippen LogP contribution in [-0.4, -0.2) is 5.16 Å². The van der Waals surface area contributed by atoms with Crippen molar-refractivity contribution >= 4 is 21.7 Å². The summed E-state index contributed by atoms with van der Waals surface area (Å²) in [6.45, 7) is 2.04. The first kappa shape index (κ1) is 12.0. The number of anilines is 1. The molecule has 0 aliphatic carbocycles. The zero-order valence-corrected chi connectivity index (χ0v) is 11.8. The quantitative estimate of drug-likeness (QED) is 0.766. The van der Waals surface area contributed by atoms with Crippen molar-refractivity contribution in [1.82, 2.24) is 5.16 Å². The first-order valence-corrected chi connectivity index (χ1v) is 6.51. The predicted octanol–water partition coefficient (Wildman–Crippen LogP) is 4.25. The zero-order valence-electron chi connectivity index (χ0n) is 10.2. The van der Waals surface area contributed by atoms with E-state index in [-0.39, 0.29) is 0 Å². The minimum absolute atomic E-state index is 0.368. The Morgan fingerprint density at radius 1 is 1.16 bits per heavy atom. The molecule has 1 aromatic carbocycles. The molecule has 2 aromatic heterocycles. The minimum Gasteiger partial charge on any atom is -0.457 e. The van der Waals surface area contributed by atoms with Crippen LogP contribution in [0.3, 0.4) is 0 Å². The molecule has 3 rings (SSSR count). The number of benzene rings is 1. The molecule has 0 atom stereocenters. The Hall–Kier alpha value is -2.01. The smallest absolute Gasteiger partial charge is 0.181 e. The lowest BCUT2D eigenvalue weighted by atomic mass is 10.0. The summed E-state index contributed by atoms with van der Waals surface area (Å²) < 4.78 is 11.2. The molecule has 0 radical (unpaired) electrons. The molecule has 2 N–H and O–H groups in total. The normalized spacial score (nSPS) is 10.8. The maximum absolute atomic E-state index is 5.92. The highest BCUT2D eigenvalue weighted by molar-refractivity contribution is 9.10. The number of halogens is 1. The van der Waals surface area contributed by atoms with E-state index < -0.39 is 0 Å². The highest BCUT2D eigenvalue weighted by Gasteiger charge is 2.20. The van der Waals surface area contributed by atoms with Crippen LogP contribution in [0.4, 0.5) is 5.82 Å². The fourth-order valence-electron chi connectivity index (χ4n) is 1.94. The van der Waals surface area contributed by atoms with Crippen LogP contribution in [-0.2, 0) is 0 Å². The minimum atomic E-state index is 0.368. The van der Waals surface area contributed by atoms with Crippen LogP contribution in [0.25, 0.3) is 22.5 Å². The van der Waals surface area contributed by atoms with Crippen molar-refractivity contribution in [2.24, 2.45) is 0 Å². The molecule has 96 valence electrons. The van der Waals surface area contributed by atoms with Crippen LogP contribution >= 0.6 is 15.9 Å². The van der Waals surface area contributed by atoms with Crippen LogP contribution in [0.5, 0.6) is 0 Å². The third-order valence-corrected chi connectivity index (χ3v) is 3.54. The summed E-state index contributed by atoms with van der Waals surface area (Å²) in [6, 6.07) is 9.85. The van der Waals surface area contributed by atoms with Crippen LogP contribution in [0.1, 0.15) is 5.56 Å². The topological polar surface area (TPSA) is 65.2 Å². The van der Waals surface area contributed by atoms with Gasteiger partial charge in [-0.05, 0) is 34.5 Å². The van der Waals surface area contributed by atoms with Gasteiger partial charge < -0.3 is 14.7 Å². The summed E-state index contributed by atoms with van der Waals surface area (Å²) in [4.78, 5) is 0. The summed E-state index contributed by atoms with van der Waals surface area (Å²) in [7, 11) is 0. The lowest BCUT2D eigenvalue weighted by Gasteiger charge is -2.02. The van der Waals surface area contributed by atoms with E-state index in [9.17, 15) is 0 Å². The van der Waals surface area contributed by atoms with Gasteiger partial charge in [0.1, 0.15) is 0 Å². The lowest BCUT2D eigenvalue weighted by Crippen LogP contribution is -1.88. The van der Waals surface area contributed by atoms with Crippen molar-refractivity contribution in [2.75, 3.05) is 5.73 Å². The number of furan rings is 1. The average molecular weight is 319 g/mol. The molecule has 0 bridgehead atoms. The second-order valence-electron chi connectivity index (χ2n) is 4.25. The van der Waals surface area contributed by atoms with Gasteiger partial charge in [0.2, 0.25) is 0 Å². The van der Waals surface area contributed by atoms with Gasteiger partial charge in [0.25, 0.3) is 0 Å². The van der Waals surface area contributed by atoms with Crippen LogP contribution in [0, 0.1) is 6.92 Å². The molecule has 0 aliphatic rings. The van der Waals surface area contributed by atoms with Gasteiger partial charge in [0, 0.05) is 0 Å². The van der Waals surface area contributed by atoms with Crippen LogP contribution in [0.2, 0.25) is 0 Å². The molecule has 0 aliphatic heterocycles. The number of nitrogen functional groups attached to an aromatic ring is 1. The summed E-state index contributed by atoms with van der Waals surface area (Å²) in [5.74, 6) is 0.967. The number of aryl methyl sites for hydroxylation is 1.